The van der Waals surface area contributed by atoms with E-state index in [9.17, 15) is 0 Å². The summed E-state index contributed by atoms with van der Waals surface area (Å²) in [5, 5.41) is 0. The molecule has 0 heterocycles. The summed E-state index contributed by atoms with van der Waals surface area (Å²) in [4.78, 5) is 0. The Balaban J connectivity index is 6.08. The highest BCUT2D eigenvalue weighted by Gasteiger charge is 2.40. The van der Waals surface area contributed by atoms with E-state index in [4.69, 9.17) is 0 Å². The number of rotatable bonds is 33. The topological polar surface area (TPSA) is 9.72 Å². The average molecular weight is 580 g/mol. The lowest BCUT2D eigenvalue weighted by Gasteiger charge is -2.42. The summed E-state index contributed by atoms with van der Waals surface area (Å²) in [7, 11) is 0. The molecule has 0 unspecified atom stereocenters. The van der Waals surface area contributed by atoms with Crippen molar-refractivity contribution in [3.8, 4) is 0 Å². The Hall–Kier alpha value is 0.412. The van der Waals surface area contributed by atoms with E-state index >= 15 is 0 Å². The second-order valence-electron chi connectivity index (χ2n) is 12.8. The average Bonchev–Trinajstić information content (AvgIpc) is 2.96. The highest BCUT2D eigenvalue weighted by atomic mass is 27.2. The van der Waals surface area contributed by atoms with E-state index in [2.05, 4.69) is 53.2 Å². The van der Waals surface area contributed by atoms with Gasteiger partial charge in [0.05, 0.1) is 0 Å². The summed E-state index contributed by atoms with van der Waals surface area (Å²) in [5.41, 5.74) is 0. The van der Waals surface area contributed by atoms with Crippen LogP contribution >= 0.6 is 0 Å². The minimum Gasteiger partial charge on any atom is -0.357 e. The van der Waals surface area contributed by atoms with Crippen LogP contribution in [-0.4, -0.2) is 65.7 Å². The molecule has 0 spiro atoms. The molecule has 0 saturated heterocycles. The zero-order valence-corrected chi connectivity index (χ0v) is 30.3. The smallest absolute Gasteiger partial charge is 0.357 e. The van der Waals surface area contributed by atoms with Crippen molar-refractivity contribution in [3.63, 3.8) is 0 Å². The standard InChI is InChI=1S/3C12H26N.Al/c3*1-3-5-7-9-11-13-12-10-8-6-4-2;/h3*3-12H2,1-2H3;/q3*-1;+3. The van der Waals surface area contributed by atoms with Gasteiger partial charge >= 0.3 is 14.8 Å². The molecule has 0 aliphatic carbocycles. The summed E-state index contributed by atoms with van der Waals surface area (Å²) in [6.45, 7) is 22.3. The Bertz CT molecular complexity index is 372. The molecule has 0 fully saturated rings. The molecule has 0 aromatic rings. The van der Waals surface area contributed by atoms with Crippen molar-refractivity contribution in [1.29, 1.82) is 0 Å². The molecule has 0 radical (unpaired) electrons. The molecule has 40 heavy (non-hydrogen) atoms. The summed E-state index contributed by atoms with van der Waals surface area (Å²) in [5.74, 6) is 0. The largest absolute Gasteiger partial charge is 0.609 e. The highest BCUT2D eigenvalue weighted by molar-refractivity contribution is 6.49. The van der Waals surface area contributed by atoms with Gasteiger partial charge in [-0.15, -0.1) is 0 Å². The van der Waals surface area contributed by atoms with Crippen LogP contribution in [0.25, 0.3) is 0 Å². The van der Waals surface area contributed by atoms with Gasteiger partial charge in [0.15, 0.2) is 0 Å². The maximum atomic E-state index is 3.13. The quantitative estimate of drug-likeness (QED) is 0.0565. The third-order valence-electron chi connectivity index (χ3n) is 8.77. The van der Waals surface area contributed by atoms with Gasteiger partial charge in [-0.2, -0.15) is 0 Å². The van der Waals surface area contributed by atoms with Crippen molar-refractivity contribution in [1.82, 2.24) is 11.7 Å². The molecule has 0 aliphatic heterocycles. The van der Waals surface area contributed by atoms with E-state index in [1.807, 2.05) is 0 Å². The van der Waals surface area contributed by atoms with Gasteiger partial charge in [-0.05, 0) is 77.8 Å². The third-order valence-corrected chi connectivity index (χ3v) is 12.3. The molecule has 3 nitrogen and oxygen atoms in total. The first-order valence-corrected chi connectivity index (χ1v) is 20.5. The molecule has 0 amide bonds. The molecule has 0 aromatic carbocycles. The molecular formula is C36H78AlN3. The van der Waals surface area contributed by atoms with E-state index < -0.39 is 14.8 Å². The van der Waals surface area contributed by atoms with E-state index in [0.29, 0.717) is 0 Å². The molecule has 0 bridgehead atoms. The van der Waals surface area contributed by atoms with Crippen LogP contribution in [0.15, 0.2) is 0 Å². The molecule has 0 rings (SSSR count). The van der Waals surface area contributed by atoms with Gasteiger partial charge in [0.1, 0.15) is 0 Å². The number of hydrogen-bond acceptors (Lipinski definition) is 3. The van der Waals surface area contributed by atoms with Gasteiger partial charge in [0, 0.05) is 0 Å². The van der Waals surface area contributed by atoms with E-state index in [1.165, 1.54) is 193 Å². The van der Waals surface area contributed by atoms with Crippen molar-refractivity contribution in [2.75, 3.05) is 39.3 Å². The Morgan fingerprint density at radius 3 is 0.575 bits per heavy atom. The number of nitrogens with zero attached hydrogens (tertiary/aromatic N) is 3. The van der Waals surface area contributed by atoms with Crippen LogP contribution in [0.5, 0.6) is 0 Å². The first-order chi connectivity index (χ1) is 19.7. The van der Waals surface area contributed by atoms with Crippen LogP contribution in [0, 0.1) is 0 Å². The van der Waals surface area contributed by atoms with E-state index in [1.54, 1.807) is 0 Å². The molecule has 240 valence electrons. The number of unbranched alkanes of at least 4 members (excludes halogenated alkanes) is 18. The molecule has 0 aliphatic rings. The van der Waals surface area contributed by atoms with Gasteiger partial charge in [-0.25, -0.2) is 0 Å². The van der Waals surface area contributed by atoms with Crippen molar-refractivity contribution in [2.45, 2.75) is 196 Å². The fourth-order valence-corrected chi connectivity index (χ4v) is 10.0. The van der Waals surface area contributed by atoms with E-state index in [-0.39, 0.29) is 0 Å². The summed E-state index contributed by atoms with van der Waals surface area (Å²) in [6, 6.07) is 0. The molecule has 0 saturated carbocycles. The van der Waals surface area contributed by atoms with Crippen LogP contribution in [0.3, 0.4) is 0 Å². The SMILES string of the molecule is CCCCCC[N](CCCCCC)[Al]([N](CCCCCC)CCCCCC)[N](CCCCCC)CCCCCC. The lowest BCUT2D eigenvalue weighted by molar-refractivity contribution is 0.246. The Morgan fingerprint density at radius 2 is 0.425 bits per heavy atom. The van der Waals surface area contributed by atoms with E-state index in [0.717, 1.165) is 0 Å². The number of hydrogen-bond donors (Lipinski definition) is 0. The zero-order valence-electron chi connectivity index (χ0n) is 29.1. The van der Waals surface area contributed by atoms with Gasteiger partial charge in [0.2, 0.25) is 0 Å². The van der Waals surface area contributed by atoms with Gasteiger partial charge in [-0.1, -0.05) is 157 Å². The summed E-state index contributed by atoms with van der Waals surface area (Å²) >= 11 is -1.39. The van der Waals surface area contributed by atoms with Crippen molar-refractivity contribution in [3.05, 3.63) is 0 Å². The zero-order chi connectivity index (χ0) is 29.5. The molecule has 4 heteroatoms. The van der Waals surface area contributed by atoms with Crippen LogP contribution in [0.2, 0.25) is 0 Å². The lowest BCUT2D eigenvalue weighted by Crippen LogP contribution is -2.64. The molecular weight excluding hydrogens is 501 g/mol. The third kappa shape index (κ3) is 22.9. The van der Waals surface area contributed by atoms with Crippen molar-refractivity contribution < 1.29 is 0 Å². The fraction of sp³-hybridized carbons (Fsp3) is 1.00. The lowest BCUT2D eigenvalue weighted by atomic mass is 10.2. The van der Waals surface area contributed by atoms with Crippen LogP contribution in [0.1, 0.15) is 196 Å². The predicted molar refractivity (Wildman–Crippen MR) is 185 cm³/mol. The van der Waals surface area contributed by atoms with Crippen molar-refractivity contribution >= 4 is 14.8 Å². The Labute approximate surface area is 260 Å². The maximum Gasteiger partial charge on any atom is 0.609 e. The first kappa shape index (κ1) is 40.4. The van der Waals surface area contributed by atoms with Crippen molar-refractivity contribution in [2.24, 2.45) is 0 Å². The summed E-state index contributed by atoms with van der Waals surface area (Å²) < 4.78 is 9.39. The highest BCUT2D eigenvalue weighted by Crippen LogP contribution is 2.18. The maximum absolute atomic E-state index is 3.13. The first-order valence-electron chi connectivity index (χ1n) is 18.9. The Morgan fingerprint density at radius 1 is 0.250 bits per heavy atom. The monoisotopic (exact) mass is 580 g/mol. The minimum absolute atomic E-state index is 1.35. The van der Waals surface area contributed by atoms with Crippen LogP contribution in [-0.2, 0) is 0 Å². The minimum atomic E-state index is -1.39. The second-order valence-corrected chi connectivity index (χ2v) is 15.7. The van der Waals surface area contributed by atoms with Gasteiger partial charge in [0.25, 0.3) is 0 Å². The molecule has 0 aromatic heterocycles. The Kier molecular flexibility index (Phi) is 32.7. The van der Waals surface area contributed by atoms with Gasteiger partial charge < -0.3 is 11.7 Å². The predicted octanol–water partition coefficient (Wildman–Crippen LogP) is 11.4. The molecule has 0 atom stereocenters. The fourth-order valence-electron chi connectivity index (χ4n) is 6.17. The van der Waals surface area contributed by atoms with Crippen LogP contribution < -0.4 is 0 Å². The second kappa shape index (κ2) is 32.3. The van der Waals surface area contributed by atoms with Gasteiger partial charge in [-0.3, -0.25) is 0 Å². The molecule has 0 N–H and O–H groups in total. The van der Waals surface area contributed by atoms with Crippen LogP contribution in [0.4, 0.5) is 0 Å². The normalized spacial score (nSPS) is 11.9. The summed E-state index contributed by atoms with van der Waals surface area (Å²) in [6.07, 6.45) is 33.5.